The second-order valence-electron chi connectivity index (χ2n) is 7.25. The minimum atomic E-state index is -0.684. The van der Waals surface area contributed by atoms with Crippen LogP contribution in [0.15, 0.2) is 57.8 Å². The van der Waals surface area contributed by atoms with Crippen LogP contribution in [0, 0.1) is 0 Å². The summed E-state index contributed by atoms with van der Waals surface area (Å²) >= 11 is 3.07. The normalized spacial score (nSPS) is 15.7. The van der Waals surface area contributed by atoms with Crippen LogP contribution in [0.25, 0.3) is 0 Å². The Morgan fingerprint density at radius 2 is 1.86 bits per heavy atom. The molecule has 3 aromatic rings. The quantitative estimate of drug-likeness (QED) is 0.560. The van der Waals surface area contributed by atoms with Crippen molar-refractivity contribution in [2.75, 3.05) is 0 Å². The van der Waals surface area contributed by atoms with Crippen LogP contribution >= 0.6 is 22.7 Å². The SMILES string of the molecule is O=C(NC1CCCCC1)[C@H](c1cccs1)N(Cc1cccs1)C(=O)c1ccco1. The molecule has 152 valence electrons. The summed E-state index contributed by atoms with van der Waals surface area (Å²) in [4.78, 5) is 30.3. The molecule has 0 bridgehead atoms. The summed E-state index contributed by atoms with van der Waals surface area (Å²) in [6.45, 7) is 0.359. The van der Waals surface area contributed by atoms with Crippen LogP contribution < -0.4 is 5.32 Å². The minimum Gasteiger partial charge on any atom is -0.459 e. The zero-order valence-corrected chi connectivity index (χ0v) is 17.7. The Morgan fingerprint density at radius 1 is 1.07 bits per heavy atom. The van der Waals surface area contributed by atoms with Gasteiger partial charge in [0.2, 0.25) is 5.91 Å². The summed E-state index contributed by atoms with van der Waals surface area (Å²) in [6.07, 6.45) is 6.98. The van der Waals surface area contributed by atoms with Gasteiger partial charge in [-0.1, -0.05) is 31.4 Å². The lowest BCUT2D eigenvalue weighted by Crippen LogP contribution is -2.46. The first kappa shape index (κ1) is 19.9. The van der Waals surface area contributed by atoms with Crippen LogP contribution in [0.4, 0.5) is 0 Å². The van der Waals surface area contributed by atoms with Gasteiger partial charge in [0.25, 0.3) is 5.91 Å². The van der Waals surface area contributed by atoms with Gasteiger partial charge in [0.15, 0.2) is 5.76 Å². The number of rotatable bonds is 7. The van der Waals surface area contributed by atoms with Gasteiger partial charge in [0, 0.05) is 15.8 Å². The van der Waals surface area contributed by atoms with E-state index in [0.29, 0.717) is 6.54 Å². The molecule has 29 heavy (non-hydrogen) atoms. The average molecular weight is 429 g/mol. The Hall–Kier alpha value is -2.38. The zero-order chi connectivity index (χ0) is 20.1. The number of carbonyl (C=O) groups is 2. The van der Waals surface area contributed by atoms with Gasteiger partial charge in [-0.05, 0) is 47.9 Å². The standard InChI is InChI=1S/C22H24N2O3S2/c25-21(23-16-7-2-1-3-8-16)20(19-11-6-14-29-19)24(15-17-9-5-13-28-17)22(26)18-10-4-12-27-18/h4-6,9-14,16,20H,1-3,7-8,15H2,(H,23,25)/t20-/m0/s1. The van der Waals surface area contributed by atoms with Gasteiger partial charge in [-0.2, -0.15) is 0 Å². The van der Waals surface area contributed by atoms with E-state index in [9.17, 15) is 9.59 Å². The first-order valence-corrected chi connectivity index (χ1v) is 11.7. The third-order valence-electron chi connectivity index (χ3n) is 5.22. The molecule has 0 aromatic carbocycles. The summed E-state index contributed by atoms with van der Waals surface area (Å²) in [5.41, 5.74) is 0. The van der Waals surface area contributed by atoms with Crippen molar-refractivity contribution in [3.8, 4) is 0 Å². The van der Waals surface area contributed by atoms with Crippen LogP contribution in [0.1, 0.15) is 58.5 Å². The molecule has 1 aliphatic carbocycles. The number of amides is 2. The Morgan fingerprint density at radius 3 is 2.52 bits per heavy atom. The molecule has 2 amide bonds. The van der Waals surface area contributed by atoms with Crippen molar-refractivity contribution in [1.29, 1.82) is 0 Å². The average Bonchev–Trinajstić information content (AvgIpc) is 3.51. The van der Waals surface area contributed by atoms with Crippen molar-refractivity contribution < 1.29 is 14.0 Å². The van der Waals surface area contributed by atoms with E-state index in [1.807, 2.05) is 35.0 Å². The van der Waals surface area contributed by atoms with E-state index in [2.05, 4.69) is 5.32 Å². The molecule has 1 aliphatic rings. The second kappa shape index (κ2) is 9.41. The lowest BCUT2D eigenvalue weighted by molar-refractivity contribution is -0.127. The highest BCUT2D eigenvalue weighted by molar-refractivity contribution is 7.10. The Kier molecular flexibility index (Phi) is 6.46. The summed E-state index contributed by atoms with van der Waals surface area (Å²) < 4.78 is 5.38. The van der Waals surface area contributed by atoms with Crippen molar-refractivity contribution in [2.45, 2.75) is 50.7 Å². The molecule has 7 heteroatoms. The lowest BCUT2D eigenvalue weighted by atomic mass is 9.95. The van der Waals surface area contributed by atoms with E-state index < -0.39 is 6.04 Å². The molecule has 4 rings (SSSR count). The molecule has 5 nitrogen and oxygen atoms in total. The molecular formula is C22H24N2O3S2. The predicted molar refractivity (Wildman–Crippen MR) is 115 cm³/mol. The predicted octanol–water partition coefficient (Wildman–Crippen LogP) is 5.24. The molecule has 1 N–H and O–H groups in total. The van der Waals surface area contributed by atoms with E-state index in [1.165, 1.54) is 24.0 Å². The number of carbonyl (C=O) groups excluding carboxylic acids is 2. The van der Waals surface area contributed by atoms with Gasteiger partial charge >= 0.3 is 0 Å². The van der Waals surface area contributed by atoms with Crippen LogP contribution in [0.2, 0.25) is 0 Å². The third kappa shape index (κ3) is 4.79. The molecule has 3 heterocycles. The molecule has 1 saturated carbocycles. The van der Waals surface area contributed by atoms with Crippen molar-refractivity contribution >= 4 is 34.5 Å². The highest BCUT2D eigenvalue weighted by Crippen LogP contribution is 2.30. The van der Waals surface area contributed by atoms with Crippen LogP contribution in [0.3, 0.4) is 0 Å². The van der Waals surface area contributed by atoms with Crippen molar-refractivity contribution in [1.82, 2.24) is 10.2 Å². The molecule has 0 radical (unpaired) electrons. The Labute approximate surface area is 178 Å². The summed E-state index contributed by atoms with van der Waals surface area (Å²) in [7, 11) is 0. The van der Waals surface area contributed by atoms with E-state index >= 15 is 0 Å². The monoisotopic (exact) mass is 428 g/mol. The van der Waals surface area contributed by atoms with Crippen molar-refractivity contribution in [3.05, 3.63) is 68.9 Å². The number of nitrogens with one attached hydrogen (secondary N) is 1. The largest absolute Gasteiger partial charge is 0.459 e. The molecule has 0 aliphatic heterocycles. The van der Waals surface area contributed by atoms with E-state index in [1.54, 1.807) is 28.4 Å². The van der Waals surface area contributed by atoms with Gasteiger partial charge in [-0.3, -0.25) is 9.59 Å². The number of thiophene rings is 2. The first-order valence-electron chi connectivity index (χ1n) is 9.93. The van der Waals surface area contributed by atoms with E-state index in [4.69, 9.17) is 4.42 Å². The number of furan rings is 1. The molecule has 1 atom stereocenters. The fourth-order valence-electron chi connectivity index (χ4n) is 3.79. The molecule has 1 fully saturated rings. The van der Waals surface area contributed by atoms with Crippen molar-refractivity contribution in [2.24, 2.45) is 0 Å². The Bertz CT molecular complexity index is 898. The van der Waals surface area contributed by atoms with Crippen LogP contribution in [-0.2, 0) is 11.3 Å². The first-order chi connectivity index (χ1) is 14.2. The van der Waals surface area contributed by atoms with E-state index in [-0.39, 0.29) is 23.6 Å². The summed E-state index contributed by atoms with van der Waals surface area (Å²) in [5, 5.41) is 7.13. The van der Waals surface area contributed by atoms with Crippen LogP contribution in [0.5, 0.6) is 0 Å². The van der Waals surface area contributed by atoms with Gasteiger partial charge in [-0.25, -0.2) is 0 Å². The minimum absolute atomic E-state index is 0.115. The third-order valence-corrected chi connectivity index (χ3v) is 7.01. The molecule has 3 aromatic heterocycles. The van der Waals surface area contributed by atoms with Gasteiger partial charge in [0.1, 0.15) is 6.04 Å². The maximum absolute atomic E-state index is 13.4. The summed E-state index contributed by atoms with van der Waals surface area (Å²) in [5.74, 6) is -0.148. The maximum Gasteiger partial charge on any atom is 0.290 e. The smallest absolute Gasteiger partial charge is 0.290 e. The fraction of sp³-hybridized carbons (Fsp3) is 0.364. The fourth-order valence-corrected chi connectivity index (χ4v) is 5.33. The topological polar surface area (TPSA) is 62.6 Å². The maximum atomic E-state index is 13.4. The number of hydrogen-bond donors (Lipinski definition) is 1. The van der Waals surface area contributed by atoms with Gasteiger partial charge < -0.3 is 14.6 Å². The Balaban J connectivity index is 1.65. The zero-order valence-electron chi connectivity index (χ0n) is 16.1. The molecular weight excluding hydrogens is 404 g/mol. The second-order valence-corrected chi connectivity index (χ2v) is 9.26. The molecule has 0 spiro atoms. The number of hydrogen-bond acceptors (Lipinski definition) is 5. The number of nitrogens with zero attached hydrogens (tertiary/aromatic N) is 1. The van der Waals surface area contributed by atoms with Crippen molar-refractivity contribution in [3.63, 3.8) is 0 Å². The highest BCUT2D eigenvalue weighted by Gasteiger charge is 2.35. The molecule has 0 saturated heterocycles. The molecule has 0 unspecified atom stereocenters. The van der Waals surface area contributed by atoms with Gasteiger partial charge in [0.05, 0.1) is 12.8 Å². The van der Waals surface area contributed by atoms with Gasteiger partial charge in [-0.15, -0.1) is 22.7 Å². The summed E-state index contributed by atoms with van der Waals surface area (Å²) in [6, 6.07) is 10.6. The van der Waals surface area contributed by atoms with E-state index in [0.717, 1.165) is 35.4 Å². The van der Waals surface area contributed by atoms with Crippen LogP contribution in [-0.4, -0.2) is 22.8 Å². The lowest BCUT2D eigenvalue weighted by Gasteiger charge is -2.32. The highest BCUT2D eigenvalue weighted by atomic mass is 32.1.